The molecular weight excluding hydrogens is 420 g/mol. The van der Waals surface area contributed by atoms with Crippen LogP contribution in [0.15, 0.2) is 54.2 Å². The van der Waals surface area contributed by atoms with Gasteiger partial charge in [0, 0.05) is 25.4 Å². The Hall–Kier alpha value is -3.32. The molecule has 7 heteroatoms. The van der Waals surface area contributed by atoms with Gasteiger partial charge in [0.05, 0.1) is 18.8 Å². The van der Waals surface area contributed by atoms with Crippen LogP contribution in [0.4, 0.5) is 5.69 Å². The van der Waals surface area contributed by atoms with Gasteiger partial charge >= 0.3 is 0 Å². The Kier molecular flexibility index (Phi) is 8.89. The topological polar surface area (TPSA) is 77.1 Å². The minimum absolute atomic E-state index is 0.266. The fourth-order valence-corrected chi connectivity index (χ4v) is 3.52. The Bertz CT molecular complexity index is 967. The van der Waals surface area contributed by atoms with Gasteiger partial charge in [0.25, 0.3) is 11.8 Å². The van der Waals surface area contributed by atoms with Crippen LogP contribution in [0.5, 0.6) is 11.5 Å². The maximum atomic E-state index is 13.3. The molecule has 0 bridgehead atoms. The first-order valence-electron chi connectivity index (χ1n) is 11.5. The predicted octanol–water partition coefficient (Wildman–Crippen LogP) is 4.49. The molecule has 1 aliphatic heterocycles. The van der Waals surface area contributed by atoms with Crippen LogP contribution < -0.4 is 14.8 Å². The number of carbonyl (C=O) groups excluding carboxylic acids is 2. The van der Waals surface area contributed by atoms with Crippen molar-refractivity contribution in [3.8, 4) is 11.5 Å². The lowest BCUT2D eigenvalue weighted by molar-refractivity contribution is -0.137. The number of imide groups is 1. The summed E-state index contributed by atoms with van der Waals surface area (Å²) in [5.74, 6) is 0.817. The van der Waals surface area contributed by atoms with Gasteiger partial charge in [-0.3, -0.25) is 14.5 Å². The molecule has 1 N–H and O–H groups in total. The van der Waals surface area contributed by atoms with Gasteiger partial charge in [-0.2, -0.15) is 0 Å². The van der Waals surface area contributed by atoms with Crippen LogP contribution in [0.3, 0.4) is 0 Å². The van der Waals surface area contributed by atoms with E-state index < -0.39 is 0 Å². The van der Waals surface area contributed by atoms with E-state index in [0.717, 1.165) is 17.9 Å². The van der Waals surface area contributed by atoms with Crippen LogP contribution in [-0.4, -0.2) is 49.7 Å². The van der Waals surface area contributed by atoms with Gasteiger partial charge in [-0.25, -0.2) is 0 Å². The number of amides is 2. The molecular formula is C26H32N2O5. The van der Waals surface area contributed by atoms with E-state index in [0.29, 0.717) is 56.2 Å². The molecule has 0 spiro atoms. The van der Waals surface area contributed by atoms with Crippen molar-refractivity contribution in [2.24, 2.45) is 0 Å². The lowest BCUT2D eigenvalue weighted by Gasteiger charge is -2.15. The Labute approximate surface area is 195 Å². The fourth-order valence-electron chi connectivity index (χ4n) is 3.52. The van der Waals surface area contributed by atoms with Gasteiger partial charge in [0.15, 0.2) is 0 Å². The van der Waals surface area contributed by atoms with Crippen LogP contribution in [0, 0.1) is 0 Å². The molecule has 0 saturated carbocycles. The summed E-state index contributed by atoms with van der Waals surface area (Å²) in [4.78, 5) is 27.8. The third-order valence-corrected chi connectivity index (χ3v) is 5.09. The van der Waals surface area contributed by atoms with Crippen molar-refractivity contribution in [3.63, 3.8) is 0 Å². The second-order valence-corrected chi connectivity index (χ2v) is 7.52. The smallest absolute Gasteiger partial charge is 0.278 e. The summed E-state index contributed by atoms with van der Waals surface area (Å²) in [6.45, 7) is 8.47. The van der Waals surface area contributed by atoms with Gasteiger partial charge < -0.3 is 19.5 Å². The third kappa shape index (κ3) is 6.14. The molecule has 33 heavy (non-hydrogen) atoms. The number of benzene rings is 2. The van der Waals surface area contributed by atoms with Crippen molar-refractivity contribution in [2.45, 2.75) is 33.6 Å². The molecule has 2 aromatic rings. The number of hydrogen-bond acceptors (Lipinski definition) is 6. The third-order valence-electron chi connectivity index (χ3n) is 5.09. The molecule has 7 nitrogen and oxygen atoms in total. The molecule has 1 heterocycles. The van der Waals surface area contributed by atoms with Crippen molar-refractivity contribution in [1.29, 1.82) is 0 Å². The maximum absolute atomic E-state index is 13.3. The van der Waals surface area contributed by atoms with Crippen molar-refractivity contribution in [3.05, 3.63) is 59.8 Å². The normalized spacial score (nSPS) is 13.6. The standard InChI is InChI=1S/C26H32N2O5/c1-4-17-33-22-12-8-19(9-13-22)23-24(27-20-10-14-21(15-11-20)32-6-3)26(30)28(25(23)29)16-7-18-31-5-2/h8-15,27H,4-7,16-18H2,1-3H3. The van der Waals surface area contributed by atoms with E-state index >= 15 is 0 Å². The van der Waals surface area contributed by atoms with Crippen molar-refractivity contribution >= 4 is 23.1 Å². The molecule has 0 radical (unpaired) electrons. The van der Waals surface area contributed by atoms with Crippen LogP contribution in [-0.2, 0) is 14.3 Å². The maximum Gasteiger partial charge on any atom is 0.278 e. The van der Waals surface area contributed by atoms with Crippen LogP contribution in [0.1, 0.15) is 39.2 Å². The zero-order chi connectivity index (χ0) is 23.6. The Morgan fingerprint density at radius 2 is 1.45 bits per heavy atom. The first-order valence-corrected chi connectivity index (χ1v) is 11.5. The fraction of sp³-hybridized carbons (Fsp3) is 0.385. The van der Waals surface area contributed by atoms with Crippen LogP contribution >= 0.6 is 0 Å². The van der Waals surface area contributed by atoms with Gasteiger partial charge in [0.2, 0.25) is 0 Å². The Morgan fingerprint density at radius 3 is 2.09 bits per heavy atom. The number of hydrogen-bond donors (Lipinski definition) is 1. The highest BCUT2D eigenvalue weighted by Gasteiger charge is 2.38. The molecule has 3 rings (SSSR count). The summed E-state index contributed by atoms with van der Waals surface area (Å²) in [7, 11) is 0. The zero-order valence-electron chi connectivity index (χ0n) is 19.6. The summed E-state index contributed by atoms with van der Waals surface area (Å²) >= 11 is 0. The summed E-state index contributed by atoms with van der Waals surface area (Å²) in [6.07, 6.45) is 1.49. The number of anilines is 1. The Morgan fingerprint density at radius 1 is 0.788 bits per heavy atom. The lowest BCUT2D eigenvalue weighted by Crippen LogP contribution is -2.34. The van der Waals surface area contributed by atoms with Gasteiger partial charge in [0.1, 0.15) is 17.2 Å². The highest BCUT2D eigenvalue weighted by atomic mass is 16.5. The van der Waals surface area contributed by atoms with E-state index in [1.807, 2.05) is 69.3 Å². The minimum Gasteiger partial charge on any atom is -0.494 e. The molecule has 0 fully saturated rings. The zero-order valence-corrected chi connectivity index (χ0v) is 19.6. The van der Waals surface area contributed by atoms with E-state index in [2.05, 4.69) is 5.32 Å². The Balaban J connectivity index is 1.88. The minimum atomic E-state index is -0.341. The number of ether oxygens (including phenoxy) is 3. The van der Waals surface area contributed by atoms with E-state index in [4.69, 9.17) is 14.2 Å². The number of rotatable bonds is 13. The summed E-state index contributed by atoms with van der Waals surface area (Å²) < 4.78 is 16.5. The molecule has 0 aromatic heterocycles. The second kappa shape index (κ2) is 12.1. The molecule has 0 atom stereocenters. The van der Waals surface area contributed by atoms with Gasteiger partial charge in [-0.1, -0.05) is 19.1 Å². The van der Waals surface area contributed by atoms with Crippen LogP contribution in [0.25, 0.3) is 5.57 Å². The SMILES string of the molecule is CCCOc1ccc(C2=C(Nc3ccc(OCC)cc3)C(=O)N(CCCOCC)C2=O)cc1. The van der Waals surface area contributed by atoms with Crippen molar-refractivity contribution < 1.29 is 23.8 Å². The van der Waals surface area contributed by atoms with Crippen molar-refractivity contribution in [2.75, 3.05) is 38.3 Å². The largest absolute Gasteiger partial charge is 0.494 e. The number of nitrogens with one attached hydrogen (secondary N) is 1. The average molecular weight is 453 g/mol. The van der Waals surface area contributed by atoms with Crippen molar-refractivity contribution in [1.82, 2.24) is 4.90 Å². The van der Waals surface area contributed by atoms with E-state index in [9.17, 15) is 9.59 Å². The summed E-state index contributed by atoms with van der Waals surface area (Å²) in [6, 6.07) is 14.6. The van der Waals surface area contributed by atoms with Gasteiger partial charge in [-0.15, -0.1) is 0 Å². The highest BCUT2D eigenvalue weighted by molar-refractivity contribution is 6.36. The summed E-state index contributed by atoms with van der Waals surface area (Å²) in [5.41, 5.74) is 1.99. The quantitative estimate of drug-likeness (QED) is 0.356. The lowest BCUT2D eigenvalue weighted by atomic mass is 10.0. The number of carbonyl (C=O) groups is 2. The van der Waals surface area contributed by atoms with E-state index in [1.165, 1.54) is 4.90 Å². The molecule has 0 saturated heterocycles. The van der Waals surface area contributed by atoms with E-state index in [-0.39, 0.29) is 17.5 Å². The number of nitrogens with zero attached hydrogens (tertiary/aromatic N) is 1. The van der Waals surface area contributed by atoms with E-state index in [1.54, 1.807) is 0 Å². The molecule has 2 amide bonds. The second-order valence-electron chi connectivity index (χ2n) is 7.52. The molecule has 176 valence electrons. The summed E-state index contributed by atoms with van der Waals surface area (Å²) in [5, 5.41) is 3.17. The average Bonchev–Trinajstić information content (AvgIpc) is 3.06. The molecule has 0 aliphatic carbocycles. The van der Waals surface area contributed by atoms with Gasteiger partial charge in [-0.05, 0) is 68.7 Å². The first kappa shape index (κ1) is 24.3. The molecule has 0 unspecified atom stereocenters. The monoisotopic (exact) mass is 452 g/mol. The molecule has 2 aromatic carbocycles. The first-order chi connectivity index (χ1) is 16.1. The predicted molar refractivity (Wildman–Crippen MR) is 128 cm³/mol. The molecule has 1 aliphatic rings. The highest BCUT2D eigenvalue weighted by Crippen LogP contribution is 2.32. The van der Waals surface area contributed by atoms with Crippen LogP contribution in [0.2, 0.25) is 0 Å².